The predicted molar refractivity (Wildman–Crippen MR) is 98.5 cm³/mol. The number of carbonyl (C=O) groups excluding carboxylic acids is 1. The average Bonchev–Trinajstić information content (AvgIpc) is 3.20. The minimum atomic E-state index is -0.0203. The molecule has 0 aliphatic carbocycles. The van der Waals surface area contributed by atoms with Crippen molar-refractivity contribution in [3.8, 4) is 22.2 Å². The number of carbonyl (C=O) groups is 1. The van der Waals surface area contributed by atoms with E-state index < -0.39 is 0 Å². The van der Waals surface area contributed by atoms with Crippen molar-refractivity contribution in [3.05, 3.63) is 35.5 Å². The van der Waals surface area contributed by atoms with E-state index in [1.165, 1.54) is 16.9 Å². The molecule has 1 aromatic carbocycles. The highest BCUT2D eigenvalue weighted by Gasteiger charge is 2.18. The molecule has 130 valence electrons. The number of benzene rings is 1. The molecule has 0 fully saturated rings. The van der Waals surface area contributed by atoms with Gasteiger partial charge in [0.15, 0.2) is 5.13 Å². The van der Waals surface area contributed by atoms with Crippen LogP contribution < -0.4 is 5.32 Å². The minimum absolute atomic E-state index is 0.0203. The van der Waals surface area contributed by atoms with Crippen LogP contribution in [0.4, 0.5) is 5.13 Å². The molecule has 3 aromatic rings. The molecule has 25 heavy (non-hydrogen) atoms. The number of thiazole rings is 1. The van der Waals surface area contributed by atoms with Crippen molar-refractivity contribution < 1.29 is 9.32 Å². The monoisotopic (exact) mass is 356 g/mol. The van der Waals surface area contributed by atoms with Crippen molar-refractivity contribution in [1.82, 2.24) is 15.1 Å². The van der Waals surface area contributed by atoms with E-state index in [0.717, 1.165) is 29.0 Å². The molecule has 0 saturated carbocycles. The molecule has 6 nitrogen and oxygen atoms in total. The largest absolute Gasteiger partial charge is 0.333 e. The fourth-order valence-electron chi connectivity index (χ4n) is 2.30. The van der Waals surface area contributed by atoms with Crippen LogP contribution in [0.3, 0.4) is 0 Å². The predicted octanol–water partition coefficient (Wildman–Crippen LogP) is 4.61. The van der Waals surface area contributed by atoms with Crippen LogP contribution >= 0.6 is 11.3 Å². The van der Waals surface area contributed by atoms with Gasteiger partial charge in [0.25, 0.3) is 5.89 Å². The normalized spacial score (nSPS) is 10.8. The maximum atomic E-state index is 11.8. The zero-order chi connectivity index (χ0) is 17.8. The zero-order valence-electron chi connectivity index (χ0n) is 14.5. The lowest BCUT2D eigenvalue weighted by atomic mass is 10.1. The van der Waals surface area contributed by atoms with E-state index >= 15 is 0 Å². The van der Waals surface area contributed by atoms with Gasteiger partial charge in [-0.2, -0.15) is 4.98 Å². The summed E-state index contributed by atoms with van der Waals surface area (Å²) in [6.07, 6.45) is 2.36. The molecule has 0 spiro atoms. The molecule has 0 aliphatic rings. The molecule has 0 saturated heterocycles. The van der Waals surface area contributed by atoms with Crippen molar-refractivity contribution in [2.75, 3.05) is 5.32 Å². The Morgan fingerprint density at radius 1 is 1.20 bits per heavy atom. The topological polar surface area (TPSA) is 80.9 Å². The molecular formula is C18H20N4O2S. The molecule has 0 unspecified atom stereocenters. The molecule has 2 heterocycles. The Morgan fingerprint density at radius 2 is 1.96 bits per heavy atom. The van der Waals surface area contributed by atoms with E-state index in [1.54, 1.807) is 0 Å². The number of amides is 1. The molecular weight excluding hydrogens is 336 g/mol. The Labute approximate surface area is 150 Å². The highest BCUT2D eigenvalue weighted by atomic mass is 32.1. The van der Waals surface area contributed by atoms with Gasteiger partial charge in [0.2, 0.25) is 11.7 Å². The van der Waals surface area contributed by atoms with Gasteiger partial charge in [-0.15, -0.1) is 0 Å². The van der Waals surface area contributed by atoms with Gasteiger partial charge in [-0.25, -0.2) is 4.98 Å². The second kappa shape index (κ2) is 7.57. The number of rotatable bonds is 6. The van der Waals surface area contributed by atoms with E-state index in [1.807, 2.05) is 38.1 Å². The SMILES string of the molecule is CCCCC(=O)Nc1nc(C)c(-c2nc(-c3ccc(C)cc3)no2)s1. The third-order valence-electron chi connectivity index (χ3n) is 3.73. The van der Waals surface area contributed by atoms with Gasteiger partial charge < -0.3 is 9.84 Å². The average molecular weight is 356 g/mol. The summed E-state index contributed by atoms with van der Waals surface area (Å²) in [4.78, 5) is 21.5. The standard InChI is InChI=1S/C18H20N4O2S/c1-4-5-6-14(23)20-18-19-12(3)15(25-18)17-21-16(22-24-17)13-9-7-11(2)8-10-13/h7-10H,4-6H2,1-3H3,(H,19,20,23). The highest BCUT2D eigenvalue weighted by Crippen LogP contribution is 2.32. The summed E-state index contributed by atoms with van der Waals surface area (Å²) in [7, 11) is 0. The number of hydrogen-bond donors (Lipinski definition) is 1. The lowest BCUT2D eigenvalue weighted by Crippen LogP contribution is -2.10. The minimum Gasteiger partial charge on any atom is -0.333 e. The van der Waals surface area contributed by atoms with E-state index in [9.17, 15) is 4.79 Å². The summed E-state index contributed by atoms with van der Waals surface area (Å²) in [5, 5.41) is 7.44. The first-order chi connectivity index (χ1) is 12.1. The van der Waals surface area contributed by atoms with Crippen molar-refractivity contribution >= 4 is 22.4 Å². The van der Waals surface area contributed by atoms with Gasteiger partial charge in [-0.1, -0.05) is 59.7 Å². The first-order valence-corrected chi connectivity index (χ1v) is 9.07. The van der Waals surface area contributed by atoms with Gasteiger partial charge in [-0.3, -0.25) is 4.79 Å². The van der Waals surface area contributed by atoms with E-state index in [2.05, 4.69) is 27.4 Å². The van der Waals surface area contributed by atoms with Crippen molar-refractivity contribution in [3.63, 3.8) is 0 Å². The maximum Gasteiger partial charge on any atom is 0.270 e. The molecule has 0 radical (unpaired) electrons. The van der Waals surface area contributed by atoms with Crippen LogP contribution in [-0.4, -0.2) is 21.0 Å². The van der Waals surface area contributed by atoms with E-state index in [4.69, 9.17) is 4.52 Å². The van der Waals surface area contributed by atoms with Gasteiger partial charge in [0.05, 0.1) is 5.69 Å². The fourth-order valence-corrected chi connectivity index (χ4v) is 3.21. The van der Waals surface area contributed by atoms with Gasteiger partial charge in [-0.05, 0) is 20.3 Å². The zero-order valence-corrected chi connectivity index (χ0v) is 15.3. The number of aryl methyl sites for hydroxylation is 2. The Kier molecular flexibility index (Phi) is 5.23. The molecule has 0 aliphatic heterocycles. The van der Waals surface area contributed by atoms with Crippen LogP contribution in [0.15, 0.2) is 28.8 Å². The highest BCUT2D eigenvalue weighted by molar-refractivity contribution is 7.19. The van der Waals surface area contributed by atoms with Crippen molar-refractivity contribution in [2.24, 2.45) is 0 Å². The fraction of sp³-hybridized carbons (Fsp3) is 0.333. The van der Waals surface area contributed by atoms with Crippen LogP contribution in [0.5, 0.6) is 0 Å². The lowest BCUT2D eigenvalue weighted by molar-refractivity contribution is -0.116. The summed E-state index contributed by atoms with van der Waals surface area (Å²) < 4.78 is 5.40. The summed E-state index contributed by atoms with van der Waals surface area (Å²) in [5.41, 5.74) is 2.83. The van der Waals surface area contributed by atoms with Gasteiger partial charge in [0, 0.05) is 12.0 Å². The summed E-state index contributed by atoms with van der Waals surface area (Å²) in [6.45, 7) is 5.95. The van der Waals surface area contributed by atoms with E-state index in [0.29, 0.717) is 23.3 Å². The summed E-state index contributed by atoms with van der Waals surface area (Å²) >= 11 is 1.35. The van der Waals surface area contributed by atoms with Crippen molar-refractivity contribution in [1.29, 1.82) is 0 Å². The lowest BCUT2D eigenvalue weighted by Gasteiger charge is -1.99. The number of anilines is 1. The third kappa shape index (κ3) is 4.11. The number of nitrogens with one attached hydrogen (secondary N) is 1. The summed E-state index contributed by atoms with van der Waals surface area (Å²) in [6, 6.07) is 7.94. The Morgan fingerprint density at radius 3 is 2.68 bits per heavy atom. The van der Waals surface area contributed by atoms with Gasteiger partial charge in [0.1, 0.15) is 4.88 Å². The number of hydrogen-bond acceptors (Lipinski definition) is 6. The molecule has 3 rings (SSSR count). The van der Waals surface area contributed by atoms with Crippen molar-refractivity contribution in [2.45, 2.75) is 40.0 Å². The Hall–Kier alpha value is -2.54. The van der Waals surface area contributed by atoms with Crippen LogP contribution in [0.1, 0.15) is 37.4 Å². The Balaban J connectivity index is 1.78. The molecule has 0 bridgehead atoms. The van der Waals surface area contributed by atoms with Crippen LogP contribution in [0, 0.1) is 13.8 Å². The molecule has 0 atom stereocenters. The number of aromatic nitrogens is 3. The first-order valence-electron chi connectivity index (χ1n) is 8.25. The van der Waals surface area contributed by atoms with E-state index in [-0.39, 0.29) is 5.91 Å². The van der Waals surface area contributed by atoms with Crippen LogP contribution in [-0.2, 0) is 4.79 Å². The maximum absolute atomic E-state index is 11.8. The molecule has 1 N–H and O–H groups in total. The molecule has 7 heteroatoms. The first kappa shape index (κ1) is 17.3. The summed E-state index contributed by atoms with van der Waals surface area (Å²) in [5.74, 6) is 0.934. The smallest absolute Gasteiger partial charge is 0.270 e. The number of unbranched alkanes of at least 4 members (excludes halogenated alkanes) is 1. The molecule has 1 amide bonds. The number of nitrogens with zero attached hydrogens (tertiary/aromatic N) is 3. The third-order valence-corrected chi connectivity index (χ3v) is 4.79. The second-order valence-electron chi connectivity index (χ2n) is 5.87. The van der Waals surface area contributed by atoms with Crippen LogP contribution in [0.25, 0.3) is 22.2 Å². The Bertz CT molecular complexity index is 868. The van der Waals surface area contributed by atoms with Crippen LogP contribution in [0.2, 0.25) is 0 Å². The van der Waals surface area contributed by atoms with Gasteiger partial charge >= 0.3 is 0 Å². The second-order valence-corrected chi connectivity index (χ2v) is 6.87. The quantitative estimate of drug-likeness (QED) is 0.698. The molecule has 2 aromatic heterocycles.